The first-order valence-corrected chi connectivity index (χ1v) is 7.55. The number of guanidine groups is 1. The van der Waals surface area contributed by atoms with Gasteiger partial charge in [0.15, 0.2) is 5.96 Å². The van der Waals surface area contributed by atoms with Crippen molar-refractivity contribution in [3.63, 3.8) is 0 Å². The van der Waals surface area contributed by atoms with Gasteiger partial charge in [0.1, 0.15) is 12.1 Å². The number of aliphatic imine (C=N–C) groups is 1. The van der Waals surface area contributed by atoms with Crippen LogP contribution in [0.15, 0.2) is 4.99 Å². The molecule has 12 nitrogen and oxygen atoms in total. The summed E-state index contributed by atoms with van der Waals surface area (Å²) in [7, 11) is 0. The van der Waals surface area contributed by atoms with Crippen LogP contribution in [0.25, 0.3) is 0 Å². The van der Waals surface area contributed by atoms with Gasteiger partial charge in [-0.25, -0.2) is 0 Å². The number of hydrogen-bond acceptors (Lipinski definition) is 7. The van der Waals surface area contributed by atoms with E-state index in [0.29, 0.717) is 19.4 Å². The van der Waals surface area contributed by atoms with Crippen LogP contribution in [-0.4, -0.2) is 74.8 Å². The Morgan fingerprint density at radius 2 is 1.50 bits per heavy atom. The predicted molar refractivity (Wildman–Crippen MR) is 89.7 cm³/mol. The molecule has 0 fully saturated rings. The van der Waals surface area contributed by atoms with E-state index in [-0.39, 0.29) is 22.9 Å². The van der Waals surface area contributed by atoms with Crippen molar-refractivity contribution in [1.82, 2.24) is 0 Å². The van der Waals surface area contributed by atoms with E-state index in [1.165, 1.54) is 0 Å². The summed E-state index contributed by atoms with van der Waals surface area (Å²) in [6.45, 7) is 0.420. The summed E-state index contributed by atoms with van der Waals surface area (Å²) in [5.74, 6) is -3.04. The third-order valence-corrected chi connectivity index (χ3v) is 3.17. The first-order chi connectivity index (χ1) is 10.6. The second kappa shape index (κ2) is 15.8. The molecule has 0 heterocycles. The average molecular weight is 371 g/mol. The van der Waals surface area contributed by atoms with Gasteiger partial charge in [0.05, 0.1) is 5.75 Å². The Hall–Kier alpha value is -2.09. The lowest BCUT2D eigenvalue weighted by Crippen LogP contribution is -2.32. The van der Waals surface area contributed by atoms with Crippen LogP contribution >= 0.6 is 11.8 Å². The van der Waals surface area contributed by atoms with Crippen molar-refractivity contribution in [2.75, 3.05) is 18.1 Å². The molecule has 0 unspecified atom stereocenters. The first-order valence-electron chi connectivity index (χ1n) is 6.39. The quantitative estimate of drug-likeness (QED) is 0.114. The maximum absolute atomic E-state index is 10.2. The Bertz CT molecular complexity index is 418. The van der Waals surface area contributed by atoms with Crippen LogP contribution in [0.4, 0.5) is 0 Å². The Kier molecular flexibility index (Phi) is 17.6. The van der Waals surface area contributed by atoms with Gasteiger partial charge in [-0.2, -0.15) is 0 Å². The van der Waals surface area contributed by atoms with Crippen molar-refractivity contribution in [3.8, 4) is 0 Å². The molecule has 0 saturated heterocycles. The standard InChI is InChI=1S/C6H14N4O2.C5H9NO4S.H2O/c7-4(5(11)12)2-1-3-10-6(8)9;6-3(5(9)10)1-11-2-4(7)8;/h4H,1-3,7H2,(H,11,12)(H4,8,9,10);3H,1-2,6H2,(H,7,8)(H,9,10);1H2/t4-;3-;/m00./s1. The minimum Gasteiger partial charge on any atom is -0.481 e. The fourth-order valence-electron chi connectivity index (χ4n) is 0.987. The number of carboxylic acids is 3. The summed E-state index contributed by atoms with van der Waals surface area (Å²) in [5.41, 5.74) is 20.4. The summed E-state index contributed by atoms with van der Waals surface area (Å²) in [5, 5.41) is 24.8. The van der Waals surface area contributed by atoms with Crippen LogP contribution in [0.1, 0.15) is 12.8 Å². The van der Waals surface area contributed by atoms with Gasteiger partial charge in [0.2, 0.25) is 0 Å². The lowest BCUT2D eigenvalue weighted by molar-refractivity contribution is -0.139. The number of carbonyl (C=O) groups is 3. The molecule has 24 heavy (non-hydrogen) atoms. The van der Waals surface area contributed by atoms with E-state index in [0.717, 1.165) is 11.8 Å². The number of aliphatic carboxylic acids is 3. The van der Waals surface area contributed by atoms with Gasteiger partial charge in [-0.1, -0.05) is 0 Å². The first kappa shape index (κ1) is 26.8. The molecule has 0 aromatic rings. The molecule has 0 aromatic carbocycles. The molecule has 0 bridgehead atoms. The summed E-state index contributed by atoms with van der Waals surface area (Å²) in [6, 6.07) is -1.79. The number of nitrogens with zero attached hydrogens (tertiary/aromatic N) is 1. The molecule has 0 spiro atoms. The zero-order valence-electron chi connectivity index (χ0n) is 12.9. The van der Waals surface area contributed by atoms with Crippen LogP contribution in [0.5, 0.6) is 0 Å². The summed E-state index contributed by atoms with van der Waals surface area (Å²) < 4.78 is 0. The summed E-state index contributed by atoms with van der Waals surface area (Å²) >= 11 is 0.992. The molecule has 13 heteroatoms. The van der Waals surface area contributed by atoms with E-state index in [4.69, 9.17) is 38.3 Å². The van der Waals surface area contributed by atoms with E-state index < -0.39 is 30.0 Å². The fourth-order valence-corrected chi connectivity index (χ4v) is 1.68. The van der Waals surface area contributed by atoms with Gasteiger partial charge in [0, 0.05) is 12.3 Å². The minimum absolute atomic E-state index is 0. The molecular formula is C11H25N5O7S. The topological polar surface area (TPSA) is 260 Å². The van der Waals surface area contributed by atoms with Gasteiger partial charge in [0.25, 0.3) is 0 Å². The Morgan fingerprint density at radius 3 is 1.88 bits per heavy atom. The van der Waals surface area contributed by atoms with Crippen molar-refractivity contribution in [3.05, 3.63) is 0 Å². The Morgan fingerprint density at radius 1 is 1.00 bits per heavy atom. The molecule has 142 valence electrons. The molecule has 0 saturated carbocycles. The fraction of sp³-hybridized carbons (Fsp3) is 0.636. The maximum atomic E-state index is 10.2. The van der Waals surface area contributed by atoms with Crippen LogP contribution in [0.3, 0.4) is 0 Å². The van der Waals surface area contributed by atoms with E-state index in [1.807, 2.05) is 0 Å². The predicted octanol–water partition coefficient (Wildman–Crippen LogP) is -3.16. The monoisotopic (exact) mass is 371 g/mol. The summed E-state index contributed by atoms with van der Waals surface area (Å²) in [4.78, 5) is 33.9. The average Bonchev–Trinajstić information content (AvgIpc) is 2.43. The van der Waals surface area contributed by atoms with E-state index in [2.05, 4.69) is 4.99 Å². The van der Waals surface area contributed by atoms with Crippen molar-refractivity contribution >= 4 is 35.6 Å². The summed E-state index contributed by atoms with van der Waals surface area (Å²) in [6.07, 6.45) is 0.956. The smallest absolute Gasteiger partial charge is 0.321 e. The second-order valence-corrected chi connectivity index (χ2v) is 5.28. The normalized spacial score (nSPS) is 11.8. The number of carboxylic acid groups (broad SMARTS) is 3. The third kappa shape index (κ3) is 19.9. The van der Waals surface area contributed by atoms with Gasteiger partial charge in [-0.3, -0.25) is 19.4 Å². The van der Waals surface area contributed by atoms with Gasteiger partial charge in [-0.15, -0.1) is 11.8 Å². The van der Waals surface area contributed by atoms with Gasteiger partial charge >= 0.3 is 17.9 Å². The lowest BCUT2D eigenvalue weighted by atomic mass is 10.2. The SMILES string of the molecule is NC(N)=NCCC[C@H](N)C(=O)O.N[C@@H](CSCC(=O)O)C(=O)O.O. The number of rotatable bonds is 10. The third-order valence-electron chi connectivity index (χ3n) is 2.12. The molecule has 0 rings (SSSR count). The number of hydrogen-bond donors (Lipinski definition) is 7. The van der Waals surface area contributed by atoms with Gasteiger partial charge < -0.3 is 43.7 Å². The highest BCUT2D eigenvalue weighted by atomic mass is 32.2. The zero-order chi connectivity index (χ0) is 18.4. The number of nitrogens with two attached hydrogens (primary N) is 4. The number of thioether (sulfide) groups is 1. The lowest BCUT2D eigenvalue weighted by Gasteiger charge is -2.03. The molecule has 0 aliphatic heterocycles. The molecule has 13 N–H and O–H groups in total. The van der Waals surface area contributed by atoms with Crippen LogP contribution < -0.4 is 22.9 Å². The second-order valence-electron chi connectivity index (χ2n) is 4.25. The van der Waals surface area contributed by atoms with E-state index in [1.54, 1.807) is 0 Å². The highest BCUT2D eigenvalue weighted by molar-refractivity contribution is 8.00. The largest absolute Gasteiger partial charge is 0.481 e. The van der Waals surface area contributed by atoms with Gasteiger partial charge in [-0.05, 0) is 12.8 Å². The van der Waals surface area contributed by atoms with Crippen LogP contribution in [-0.2, 0) is 14.4 Å². The van der Waals surface area contributed by atoms with Crippen molar-refractivity contribution < 1.29 is 35.2 Å². The molecule has 2 atom stereocenters. The molecule has 0 amide bonds. The molecule has 0 radical (unpaired) electrons. The van der Waals surface area contributed by atoms with Crippen molar-refractivity contribution in [2.24, 2.45) is 27.9 Å². The Balaban J connectivity index is -0.000000354. The highest BCUT2D eigenvalue weighted by Crippen LogP contribution is 2.00. The van der Waals surface area contributed by atoms with Crippen molar-refractivity contribution in [2.45, 2.75) is 24.9 Å². The highest BCUT2D eigenvalue weighted by Gasteiger charge is 2.11. The molecule has 0 aliphatic carbocycles. The van der Waals surface area contributed by atoms with Crippen LogP contribution in [0, 0.1) is 0 Å². The molecule has 0 aromatic heterocycles. The minimum atomic E-state index is -1.11. The Labute approximate surface area is 142 Å². The molecule has 0 aliphatic rings. The molecular weight excluding hydrogens is 346 g/mol. The van der Waals surface area contributed by atoms with E-state index in [9.17, 15) is 14.4 Å². The maximum Gasteiger partial charge on any atom is 0.321 e. The van der Waals surface area contributed by atoms with E-state index >= 15 is 0 Å². The van der Waals surface area contributed by atoms with Crippen LogP contribution in [0.2, 0.25) is 0 Å². The van der Waals surface area contributed by atoms with Crippen molar-refractivity contribution in [1.29, 1.82) is 0 Å². The zero-order valence-corrected chi connectivity index (χ0v) is 13.7.